The Morgan fingerprint density at radius 2 is 1.63 bits per heavy atom. The standard InChI is InChI=1S/C23H25FN6O4S/c1-13-8-20(27-12-16(13)24)29-21-10-18(15(11-26-21)22(31)25-2)28-17-7-6-14(23(32)30(3)4)9-19(17)35(5,33)34/h6-12H,1-5H3,(H,25,31)(H2,26,27,28,29). The van der Waals surface area contributed by atoms with Gasteiger partial charge in [0.25, 0.3) is 11.8 Å². The number of rotatable bonds is 7. The molecule has 0 aliphatic heterocycles. The van der Waals surface area contributed by atoms with Gasteiger partial charge in [-0.25, -0.2) is 22.8 Å². The van der Waals surface area contributed by atoms with E-state index in [1.165, 1.54) is 48.5 Å². The summed E-state index contributed by atoms with van der Waals surface area (Å²) in [7, 11) is 0.825. The number of hydrogen-bond acceptors (Lipinski definition) is 8. The zero-order valence-electron chi connectivity index (χ0n) is 19.8. The molecule has 0 radical (unpaired) electrons. The second-order valence-corrected chi connectivity index (χ2v) is 9.93. The molecular weight excluding hydrogens is 475 g/mol. The summed E-state index contributed by atoms with van der Waals surface area (Å²) in [6.45, 7) is 1.59. The second kappa shape index (κ2) is 10.1. The molecule has 12 heteroatoms. The van der Waals surface area contributed by atoms with Crippen molar-refractivity contribution in [1.29, 1.82) is 0 Å². The summed E-state index contributed by atoms with van der Waals surface area (Å²) in [5.74, 6) is -0.657. The lowest BCUT2D eigenvalue weighted by Gasteiger charge is -2.17. The van der Waals surface area contributed by atoms with Crippen LogP contribution in [0.25, 0.3) is 0 Å². The summed E-state index contributed by atoms with van der Waals surface area (Å²) < 4.78 is 38.6. The Bertz CT molecular complexity index is 1410. The molecule has 3 N–H and O–H groups in total. The van der Waals surface area contributed by atoms with Gasteiger partial charge in [-0.15, -0.1) is 0 Å². The van der Waals surface area contributed by atoms with Crippen LogP contribution >= 0.6 is 0 Å². The second-order valence-electron chi connectivity index (χ2n) is 7.95. The zero-order valence-corrected chi connectivity index (χ0v) is 20.6. The number of nitrogens with one attached hydrogen (secondary N) is 3. The van der Waals surface area contributed by atoms with E-state index in [-0.39, 0.29) is 39.1 Å². The van der Waals surface area contributed by atoms with Crippen LogP contribution in [0.3, 0.4) is 0 Å². The molecule has 2 aromatic heterocycles. The number of aromatic nitrogens is 2. The lowest BCUT2D eigenvalue weighted by atomic mass is 10.1. The van der Waals surface area contributed by atoms with Crippen LogP contribution in [0.5, 0.6) is 0 Å². The number of pyridine rings is 2. The molecule has 0 spiro atoms. The monoisotopic (exact) mass is 500 g/mol. The van der Waals surface area contributed by atoms with Crippen molar-refractivity contribution >= 4 is 44.7 Å². The molecule has 35 heavy (non-hydrogen) atoms. The molecule has 10 nitrogen and oxygen atoms in total. The first-order valence-electron chi connectivity index (χ1n) is 10.3. The summed E-state index contributed by atoms with van der Waals surface area (Å²) in [6, 6.07) is 7.23. The Morgan fingerprint density at radius 3 is 2.23 bits per heavy atom. The summed E-state index contributed by atoms with van der Waals surface area (Å²) in [4.78, 5) is 34.2. The molecule has 0 saturated heterocycles. The zero-order chi connectivity index (χ0) is 25.9. The third-order valence-corrected chi connectivity index (χ3v) is 6.12. The number of benzene rings is 1. The molecule has 0 bridgehead atoms. The lowest BCUT2D eigenvalue weighted by Crippen LogP contribution is -2.22. The van der Waals surface area contributed by atoms with Gasteiger partial charge in [-0.05, 0) is 36.8 Å². The fourth-order valence-corrected chi connectivity index (χ4v) is 4.01. The number of carbonyl (C=O) groups excluding carboxylic acids is 2. The van der Waals surface area contributed by atoms with Crippen LogP contribution in [0.1, 0.15) is 26.3 Å². The van der Waals surface area contributed by atoms with Crippen molar-refractivity contribution in [3.05, 3.63) is 65.2 Å². The van der Waals surface area contributed by atoms with Crippen molar-refractivity contribution in [2.75, 3.05) is 38.0 Å². The molecule has 0 saturated carbocycles. The van der Waals surface area contributed by atoms with Crippen LogP contribution in [-0.2, 0) is 9.84 Å². The Kier molecular flexibility index (Phi) is 7.34. The first kappa shape index (κ1) is 25.6. The SMILES string of the molecule is CNC(=O)c1cnc(Nc2cc(C)c(F)cn2)cc1Nc1ccc(C(=O)N(C)C)cc1S(C)(=O)=O. The van der Waals surface area contributed by atoms with Gasteiger partial charge < -0.3 is 20.9 Å². The summed E-state index contributed by atoms with van der Waals surface area (Å²) in [5, 5.41) is 8.42. The smallest absolute Gasteiger partial charge is 0.254 e. The Hall–Kier alpha value is -4.06. The van der Waals surface area contributed by atoms with E-state index in [1.807, 2.05) is 0 Å². The van der Waals surface area contributed by atoms with Crippen molar-refractivity contribution in [2.45, 2.75) is 11.8 Å². The highest BCUT2D eigenvalue weighted by Crippen LogP contribution is 2.30. The van der Waals surface area contributed by atoms with Gasteiger partial charge in [0.2, 0.25) is 0 Å². The number of anilines is 4. The van der Waals surface area contributed by atoms with Crippen LogP contribution < -0.4 is 16.0 Å². The minimum Gasteiger partial charge on any atom is -0.355 e. The summed E-state index contributed by atoms with van der Waals surface area (Å²) >= 11 is 0. The lowest BCUT2D eigenvalue weighted by molar-refractivity contribution is 0.0827. The Labute approximate surface area is 202 Å². The molecule has 2 heterocycles. The normalized spacial score (nSPS) is 11.0. The Morgan fingerprint density at radius 1 is 0.971 bits per heavy atom. The van der Waals surface area contributed by atoms with E-state index >= 15 is 0 Å². The molecule has 1 aromatic carbocycles. The highest BCUT2D eigenvalue weighted by Gasteiger charge is 2.20. The maximum absolute atomic E-state index is 13.5. The van der Waals surface area contributed by atoms with E-state index < -0.39 is 21.6 Å². The third-order valence-electron chi connectivity index (χ3n) is 4.98. The van der Waals surface area contributed by atoms with E-state index in [2.05, 4.69) is 25.9 Å². The summed E-state index contributed by atoms with van der Waals surface area (Å²) in [6.07, 6.45) is 3.41. The van der Waals surface area contributed by atoms with Gasteiger partial charge in [-0.3, -0.25) is 9.59 Å². The predicted molar refractivity (Wildman–Crippen MR) is 131 cm³/mol. The minimum absolute atomic E-state index is 0.116. The van der Waals surface area contributed by atoms with Gasteiger partial charge in [-0.2, -0.15) is 0 Å². The van der Waals surface area contributed by atoms with E-state index in [0.717, 1.165) is 12.5 Å². The molecule has 0 atom stereocenters. The number of halogens is 1. The number of nitrogens with zero attached hydrogens (tertiary/aromatic N) is 3. The first-order valence-corrected chi connectivity index (χ1v) is 12.2. The average Bonchev–Trinajstić information content (AvgIpc) is 2.80. The highest BCUT2D eigenvalue weighted by atomic mass is 32.2. The van der Waals surface area contributed by atoms with Crippen molar-refractivity contribution < 1.29 is 22.4 Å². The number of sulfone groups is 1. The van der Waals surface area contributed by atoms with E-state index in [1.54, 1.807) is 21.0 Å². The fraction of sp³-hybridized carbons (Fsp3) is 0.217. The number of amides is 2. The van der Waals surface area contributed by atoms with E-state index in [0.29, 0.717) is 11.4 Å². The van der Waals surface area contributed by atoms with Crippen LogP contribution in [-0.4, -0.2) is 62.5 Å². The largest absolute Gasteiger partial charge is 0.355 e. The van der Waals surface area contributed by atoms with Crippen molar-refractivity contribution in [3.8, 4) is 0 Å². The van der Waals surface area contributed by atoms with Crippen LogP contribution in [0, 0.1) is 12.7 Å². The number of carbonyl (C=O) groups is 2. The fourth-order valence-electron chi connectivity index (χ4n) is 3.15. The van der Waals surface area contributed by atoms with Gasteiger partial charge >= 0.3 is 0 Å². The number of aryl methyl sites for hydroxylation is 1. The van der Waals surface area contributed by atoms with Gasteiger partial charge in [0.05, 0.1) is 28.0 Å². The van der Waals surface area contributed by atoms with Gasteiger partial charge in [0.1, 0.15) is 17.5 Å². The molecule has 0 fully saturated rings. The first-order chi connectivity index (χ1) is 16.4. The average molecular weight is 501 g/mol. The van der Waals surface area contributed by atoms with Crippen LogP contribution in [0.15, 0.2) is 47.6 Å². The maximum atomic E-state index is 13.5. The van der Waals surface area contributed by atoms with E-state index in [9.17, 15) is 22.4 Å². The molecule has 0 aliphatic rings. The van der Waals surface area contributed by atoms with Crippen LogP contribution in [0.2, 0.25) is 0 Å². The molecule has 0 unspecified atom stereocenters. The molecule has 184 valence electrons. The quantitative estimate of drug-likeness (QED) is 0.451. The summed E-state index contributed by atoms with van der Waals surface area (Å²) in [5.41, 5.74) is 1.14. The molecular formula is C23H25FN6O4S. The van der Waals surface area contributed by atoms with Gasteiger partial charge in [0, 0.05) is 45.2 Å². The maximum Gasteiger partial charge on any atom is 0.254 e. The molecule has 3 aromatic rings. The van der Waals surface area contributed by atoms with Crippen LogP contribution in [0.4, 0.5) is 27.4 Å². The minimum atomic E-state index is -3.75. The van der Waals surface area contributed by atoms with Crippen molar-refractivity contribution in [3.63, 3.8) is 0 Å². The van der Waals surface area contributed by atoms with E-state index in [4.69, 9.17) is 0 Å². The van der Waals surface area contributed by atoms with Crippen molar-refractivity contribution in [2.24, 2.45) is 0 Å². The third kappa shape index (κ3) is 5.90. The molecule has 0 aliphatic carbocycles. The van der Waals surface area contributed by atoms with Crippen molar-refractivity contribution in [1.82, 2.24) is 20.2 Å². The van der Waals surface area contributed by atoms with Gasteiger partial charge in [0.15, 0.2) is 9.84 Å². The highest BCUT2D eigenvalue weighted by molar-refractivity contribution is 7.90. The molecule has 3 rings (SSSR count). The van der Waals surface area contributed by atoms with Gasteiger partial charge in [-0.1, -0.05) is 0 Å². The topological polar surface area (TPSA) is 133 Å². The predicted octanol–water partition coefficient (Wildman–Crippen LogP) is 2.88. The Balaban J connectivity index is 2.07. The number of hydrogen-bond donors (Lipinski definition) is 3. The molecule has 2 amide bonds.